The fourth-order valence-corrected chi connectivity index (χ4v) is 2.32. The second-order valence-corrected chi connectivity index (χ2v) is 4.63. The first-order chi connectivity index (χ1) is 7.00. The van der Waals surface area contributed by atoms with Gasteiger partial charge in [0.1, 0.15) is 7.05 Å². The van der Waals surface area contributed by atoms with Crippen molar-refractivity contribution in [2.75, 3.05) is 14.2 Å². The van der Waals surface area contributed by atoms with Crippen molar-refractivity contribution >= 4 is 11.4 Å². The Hall–Kier alpha value is -1.31. The van der Waals surface area contributed by atoms with Crippen LogP contribution >= 0.6 is 0 Å². The standard InChI is InChI=1S/C13H18NO/c1-9-13(2,3)10-7-6-8-11(15-5)12(10)14(9)4/h6-8H,1-5H3/q+1. The van der Waals surface area contributed by atoms with E-state index in [9.17, 15) is 0 Å². The molecule has 1 heterocycles. The predicted molar refractivity (Wildman–Crippen MR) is 62.5 cm³/mol. The number of hydrogen-bond donors (Lipinski definition) is 0. The summed E-state index contributed by atoms with van der Waals surface area (Å²) in [5, 5.41) is 0. The minimum atomic E-state index is 0.110. The average molecular weight is 204 g/mol. The van der Waals surface area contributed by atoms with Crippen LogP contribution in [0.2, 0.25) is 0 Å². The van der Waals surface area contributed by atoms with Crippen LogP contribution < -0.4 is 4.74 Å². The van der Waals surface area contributed by atoms with Crippen molar-refractivity contribution in [3.8, 4) is 5.75 Å². The third-order valence-electron chi connectivity index (χ3n) is 3.64. The van der Waals surface area contributed by atoms with Gasteiger partial charge in [0.15, 0.2) is 11.5 Å². The third kappa shape index (κ3) is 1.21. The summed E-state index contributed by atoms with van der Waals surface area (Å²) in [4.78, 5) is 0. The van der Waals surface area contributed by atoms with Gasteiger partial charge in [-0.3, -0.25) is 0 Å². The molecule has 0 radical (unpaired) electrons. The maximum Gasteiger partial charge on any atom is 0.251 e. The zero-order valence-corrected chi connectivity index (χ0v) is 10.1. The Labute approximate surface area is 91.2 Å². The topological polar surface area (TPSA) is 12.2 Å². The molecule has 0 bridgehead atoms. The Bertz CT molecular complexity index is 444. The monoisotopic (exact) mass is 204 g/mol. The molecule has 15 heavy (non-hydrogen) atoms. The molecule has 1 aliphatic heterocycles. The summed E-state index contributed by atoms with van der Waals surface area (Å²) < 4.78 is 7.64. The van der Waals surface area contributed by atoms with E-state index in [1.165, 1.54) is 17.0 Å². The summed E-state index contributed by atoms with van der Waals surface area (Å²) in [5.74, 6) is 0.958. The van der Waals surface area contributed by atoms with E-state index < -0.39 is 0 Å². The number of nitrogens with zero attached hydrogens (tertiary/aromatic N) is 1. The van der Waals surface area contributed by atoms with Crippen molar-refractivity contribution in [2.45, 2.75) is 26.2 Å². The van der Waals surface area contributed by atoms with Crippen LogP contribution in [0.25, 0.3) is 0 Å². The highest BCUT2D eigenvalue weighted by Crippen LogP contribution is 2.43. The van der Waals surface area contributed by atoms with Crippen LogP contribution in [-0.4, -0.2) is 24.4 Å². The second kappa shape index (κ2) is 3.09. The first-order valence-corrected chi connectivity index (χ1v) is 5.25. The third-order valence-corrected chi connectivity index (χ3v) is 3.64. The molecule has 0 saturated heterocycles. The van der Waals surface area contributed by atoms with E-state index in [-0.39, 0.29) is 5.41 Å². The first-order valence-electron chi connectivity index (χ1n) is 5.25. The van der Waals surface area contributed by atoms with E-state index in [1.54, 1.807) is 7.11 Å². The molecule has 2 heteroatoms. The Morgan fingerprint density at radius 3 is 2.53 bits per heavy atom. The van der Waals surface area contributed by atoms with Crippen LogP contribution in [0.5, 0.6) is 5.75 Å². The molecule has 0 unspecified atom stereocenters. The summed E-state index contributed by atoms with van der Waals surface area (Å²) in [7, 11) is 3.83. The van der Waals surface area contributed by atoms with E-state index in [4.69, 9.17) is 4.74 Å². The van der Waals surface area contributed by atoms with E-state index in [2.05, 4.69) is 44.5 Å². The largest absolute Gasteiger partial charge is 0.490 e. The fraction of sp³-hybridized carbons (Fsp3) is 0.462. The maximum absolute atomic E-state index is 5.41. The van der Waals surface area contributed by atoms with Crippen molar-refractivity contribution < 1.29 is 9.31 Å². The van der Waals surface area contributed by atoms with E-state index in [0.717, 1.165) is 5.75 Å². The van der Waals surface area contributed by atoms with Crippen molar-refractivity contribution in [1.82, 2.24) is 0 Å². The minimum absolute atomic E-state index is 0.110. The fourth-order valence-electron chi connectivity index (χ4n) is 2.32. The van der Waals surface area contributed by atoms with Gasteiger partial charge in [-0.15, -0.1) is 0 Å². The van der Waals surface area contributed by atoms with Crippen LogP contribution in [0.3, 0.4) is 0 Å². The van der Waals surface area contributed by atoms with Gasteiger partial charge < -0.3 is 4.74 Å². The molecule has 0 aliphatic carbocycles. The average Bonchev–Trinajstić information content (AvgIpc) is 2.41. The lowest BCUT2D eigenvalue weighted by Gasteiger charge is -2.14. The number of para-hydroxylation sites is 1. The van der Waals surface area contributed by atoms with Gasteiger partial charge in [-0.25, -0.2) is 0 Å². The summed E-state index contributed by atoms with van der Waals surface area (Å²) >= 11 is 0. The smallest absolute Gasteiger partial charge is 0.251 e. The highest BCUT2D eigenvalue weighted by molar-refractivity contribution is 5.94. The molecule has 0 spiro atoms. The van der Waals surface area contributed by atoms with Crippen molar-refractivity contribution in [1.29, 1.82) is 0 Å². The minimum Gasteiger partial charge on any atom is -0.490 e. The molecular formula is C13H18NO+. The first kappa shape index (κ1) is 10.2. The van der Waals surface area contributed by atoms with Gasteiger partial charge in [0, 0.05) is 12.5 Å². The van der Waals surface area contributed by atoms with Crippen LogP contribution in [-0.2, 0) is 5.41 Å². The number of fused-ring (bicyclic) bond motifs is 1. The number of hydrogen-bond acceptors (Lipinski definition) is 1. The number of methoxy groups -OCH3 is 1. The Morgan fingerprint density at radius 1 is 1.27 bits per heavy atom. The lowest BCUT2D eigenvalue weighted by Crippen LogP contribution is -2.25. The quantitative estimate of drug-likeness (QED) is 0.641. The molecule has 80 valence electrons. The molecule has 0 amide bonds. The molecule has 2 rings (SSSR count). The van der Waals surface area contributed by atoms with Gasteiger partial charge in [-0.05, 0) is 19.9 Å². The Kier molecular flexibility index (Phi) is 2.10. The number of rotatable bonds is 1. The van der Waals surface area contributed by atoms with Crippen LogP contribution in [0.1, 0.15) is 26.3 Å². The molecule has 1 aromatic carbocycles. The number of benzene rings is 1. The summed E-state index contributed by atoms with van der Waals surface area (Å²) in [6, 6.07) is 6.26. The van der Waals surface area contributed by atoms with Gasteiger partial charge in [0.25, 0.3) is 5.69 Å². The molecule has 0 aromatic heterocycles. The zero-order chi connectivity index (χ0) is 11.2. The van der Waals surface area contributed by atoms with Gasteiger partial charge in [-0.2, -0.15) is 4.58 Å². The Morgan fingerprint density at radius 2 is 1.93 bits per heavy atom. The molecule has 0 N–H and O–H groups in total. The van der Waals surface area contributed by atoms with Gasteiger partial charge >= 0.3 is 0 Å². The molecule has 0 saturated carbocycles. The normalized spacial score (nSPS) is 17.9. The SMILES string of the molecule is COc1cccc2c1[N+](C)=C(C)C2(C)C. The predicted octanol–water partition coefficient (Wildman–Crippen LogP) is 2.72. The zero-order valence-electron chi connectivity index (χ0n) is 10.1. The van der Waals surface area contributed by atoms with Crippen LogP contribution in [0, 0.1) is 0 Å². The molecule has 1 aromatic rings. The van der Waals surface area contributed by atoms with E-state index in [1.807, 2.05) is 6.07 Å². The highest BCUT2D eigenvalue weighted by atomic mass is 16.5. The Balaban J connectivity index is 2.76. The van der Waals surface area contributed by atoms with Gasteiger partial charge in [-0.1, -0.05) is 12.1 Å². The second-order valence-electron chi connectivity index (χ2n) is 4.63. The summed E-state index contributed by atoms with van der Waals surface area (Å²) in [6.45, 7) is 6.69. The van der Waals surface area contributed by atoms with Gasteiger partial charge in [0.2, 0.25) is 0 Å². The number of ether oxygens (including phenoxy) is 1. The van der Waals surface area contributed by atoms with Crippen LogP contribution in [0.15, 0.2) is 18.2 Å². The van der Waals surface area contributed by atoms with E-state index in [0.29, 0.717) is 0 Å². The van der Waals surface area contributed by atoms with Crippen molar-refractivity contribution in [2.24, 2.45) is 0 Å². The van der Waals surface area contributed by atoms with Crippen molar-refractivity contribution in [3.05, 3.63) is 23.8 Å². The molecule has 0 fully saturated rings. The molecule has 1 aliphatic rings. The molecule has 2 nitrogen and oxygen atoms in total. The molecule has 0 atom stereocenters. The summed E-state index contributed by atoms with van der Waals surface area (Å²) in [5.41, 5.74) is 4.03. The summed E-state index contributed by atoms with van der Waals surface area (Å²) in [6.07, 6.45) is 0. The lowest BCUT2D eigenvalue weighted by atomic mass is 9.82. The highest BCUT2D eigenvalue weighted by Gasteiger charge is 2.43. The van der Waals surface area contributed by atoms with E-state index >= 15 is 0 Å². The van der Waals surface area contributed by atoms with Gasteiger partial charge in [0.05, 0.1) is 12.5 Å². The molecular weight excluding hydrogens is 186 g/mol. The maximum atomic E-state index is 5.41. The van der Waals surface area contributed by atoms with Crippen LogP contribution in [0.4, 0.5) is 5.69 Å². The van der Waals surface area contributed by atoms with Crippen molar-refractivity contribution in [3.63, 3.8) is 0 Å². The lowest BCUT2D eigenvalue weighted by molar-refractivity contribution is -0.403.